The summed E-state index contributed by atoms with van der Waals surface area (Å²) in [7, 11) is 1.91. The molecule has 1 aromatic rings. The first-order valence-corrected chi connectivity index (χ1v) is 7.80. The van der Waals surface area contributed by atoms with Crippen LogP contribution >= 0.6 is 0 Å². The minimum Gasteiger partial charge on any atom is -0.373 e. The van der Waals surface area contributed by atoms with E-state index in [4.69, 9.17) is 0 Å². The van der Waals surface area contributed by atoms with Gasteiger partial charge in [0.15, 0.2) is 0 Å². The Bertz CT molecular complexity index is 452. The zero-order chi connectivity index (χ0) is 13.9. The Balaban J connectivity index is 1.64. The molecule has 0 aromatic carbocycles. The van der Waals surface area contributed by atoms with Gasteiger partial charge in [0.25, 0.3) is 0 Å². The number of hydrogen-bond donors (Lipinski definition) is 2. The molecule has 2 N–H and O–H groups in total. The Labute approximate surface area is 121 Å². The molecule has 1 unspecified atom stereocenters. The number of nitrogens with zero attached hydrogens (tertiary/aromatic N) is 3. The molecule has 1 saturated carbocycles. The van der Waals surface area contributed by atoms with Gasteiger partial charge >= 0.3 is 0 Å². The third kappa shape index (κ3) is 3.39. The van der Waals surface area contributed by atoms with Crippen molar-refractivity contribution in [1.29, 1.82) is 0 Å². The van der Waals surface area contributed by atoms with Crippen LogP contribution in [0.3, 0.4) is 0 Å². The molecule has 1 aliphatic carbocycles. The number of rotatable bonds is 6. The lowest BCUT2D eigenvalue weighted by atomic mass is 10.3. The average Bonchev–Trinajstić information content (AvgIpc) is 3.17. The van der Waals surface area contributed by atoms with Gasteiger partial charge in [0.05, 0.1) is 0 Å². The molecule has 0 amide bonds. The molecule has 1 aromatic heterocycles. The Morgan fingerprint density at radius 3 is 2.60 bits per heavy atom. The van der Waals surface area contributed by atoms with Crippen LogP contribution in [0.15, 0.2) is 6.07 Å². The van der Waals surface area contributed by atoms with Crippen LogP contribution in [0.1, 0.15) is 44.3 Å². The van der Waals surface area contributed by atoms with Crippen molar-refractivity contribution in [2.24, 2.45) is 0 Å². The van der Waals surface area contributed by atoms with Crippen LogP contribution in [0.4, 0.5) is 11.6 Å². The van der Waals surface area contributed by atoms with Crippen molar-refractivity contribution < 1.29 is 0 Å². The largest absolute Gasteiger partial charge is 0.373 e. The molecule has 5 nitrogen and oxygen atoms in total. The summed E-state index contributed by atoms with van der Waals surface area (Å²) in [5.41, 5.74) is 0. The summed E-state index contributed by atoms with van der Waals surface area (Å²) in [6.45, 7) is 5.81. The lowest BCUT2D eigenvalue weighted by molar-refractivity contribution is 0.327. The summed E-state index contributed by atoms with van der Waals surface area (Å²) in [5.74, 6) is 3.45. The minimum absolute atomic E-state index is 0.416. The van der Waals surface area contributed by atoms with Gasteiger partial charge in [0, 0.05) is 31.6 Å². The fraction of sp³-hybridized carbons (Fsp3) is 0.733. The number of aromatic nitrogens is 2. The zero-order valence-electron chi connectivity index (χ0n) is 12.5. The first-order valence-electron chi connectivity index (χ1n) is 7.80. The predicted octanol–water partition coefficient (Wildman–Crippen LogP) is 2.29. The van der Waals surface area contributed by atoms with Crippen LogP contribution in [-0.2, 0) is 0 Å². The quantitative estimate of drug-likeness (QED) is 0.834. The highest BCUT2D eigenvalue weighted by Gasteiger charge is 2.27. The fourth-order valence-corrected chi connectivity index (χ4v) is 2.84. The van der Waals surface area contributed by atoms with Gasteiger partial charge in [-0.05, 0) is 45.7 Å². The van der Waals surface area contributed by atoms with E-state index in [2.05, 4.69) is 32.4 Å². The third-order valence-electron chi connectivity index (χ3n) is 4.07. The molecule has 1 saturated heterocycles. The van der Waals surface area contributed by atoms with Crippen molar-refractivity contribution in [2.45, 2.75) is 44.6 Å². The number of nitrogens with one attached hydrogen (secondary N) is 2. The molecule has 1 atom stereocenters. The first kappa shape index (κ1) is 13.6. The molecule has 2 heterocycles. The molecule has 2 aliphatic rings. The monoisotopic (exact) mass is 275 g/mol. The minimum atomic E-state index is 0.416. The van der Waals surface area contributed by atoms with E-state index in [0.717, 1.165) is 24.0 Å². The highest BCUT2D eigenvalue weighted by atomic mass is 15.2. The molecule has 1 aliphatic heterocycles. The van der Waals surface area contributed by atoms with E-state index in [-0.39, 0.29) is 0 Å². The maximum atomic E-state index is 4.68. The van der Waals surface area contributed by atoms with Crippen LogP contribution in [0.5, 0.6) is 0 Å². The maximum Gasteiger partial charge on any atom is 0.136 e. The number of anilines is 2. The summed E-state index contributed by atoms with van der Waals surface area (Å²) in [6.07, 6.45) is 5.15. The number of hydrogen-bond acceptors (Lipinski definition) is 5. The van der Waals surface area contributed by atoms with Crippen molar-refractivity contribution in [3.05, 3.63) is 11.9 Å². The molecule has 0 bridgehead atoms. The molecule has 0 spiro atoms. The lowest BCUT2D eigenvalue weighted by Crippen LogP contribution is -2.33. The first-order chi connectivity index (χ1) is 9.74. The van der Waals surface area contributed by atoms with Gasteiger partial charge in [0.2, 0.25) is 0 Å². The molecular formula is C15H25N5. The van der Waals surface area contributed by atoms with Crippen LogP contribution in [0.25, 0.3) is 0 Å². The van der Waals surface area contributed by atoms with Gasteiger partial charge in [-0.25, -0.2) is 9.97 Å². The van der Waals surface area contributed by atoms with E-state index in [1.54, 1.807) is 0 Å². The van der Waals surface area contributed by atoms with Gasteiger partial charge in [0.1, 0.15) is 17.5 Å². The van der Waals surface area contributed by atoms with Crippen LogP contribution in [0, 0.1) is 0 Å². The fourth-order valence-electron chi connectivity index (χ4n) is 2.84. The van der Waals surface area contributed by atoms with Gasteiger partial charge in [-0.15, -0.1) is 0 Å². The van der Waals surface area contributed by atoms with Crippen molar-refractivity contribution in [3.8, 4) is 0 Å². The van der Waals surface area contributed by atoms with Crippen LogP contribution < -0.4 is 10.6 Å². The Kier molecular flexibility index (Phi) is 4.05. The van der Waals surface area contributed by atoms with Crippen molar-refractivity contribution >= 4 is 11.6 Å². The number of likely N-dealkylation sites (tertiary alicyclic amines) is 1. The summed E-state index contributed by atoms with van der Waals surface area (Å²) >= 11 is 0. The smallest absolute Gasteiger partial charge is 0.136 e. The second-order valence-electron chi connectivity index (χ2n) is 6.07. The molecular weight excluding hydrogens is 250 g/mol. The van der Waals surface area contributed by atoms with E-state index in [1.165, 1.54) is 38.8 Å². The Morgan fingerprint density at radius 1 is 1.25 bits per heavy atom. The standard InChI is InChI=1S/C15H25N5/c1-11(10-20-7-3-4-8-20)17-14-9-13(16-2)18-15(19-14)12-5-6-12/h9,11-12H,3-8,10H2,1-2H3,(H2,16,17,18,19). The average molecular weight is 275 g/mol. The topological polar surface area (TPSA) is 53.1 Å². The normalized spacial score (nSPS) is 20.9. The summed E-state index contributed by atoms with van der Waals surface area (Å²) in [5, 5.41) is 6.67. The van der Waals surface area contributed by atoms with E-state index in [0.29, 0.717) is 12.0 Å². The second kappa shape index (κ2) is 5.95. The Hall–Kier alpha value is -1.36. The van der Waals surface area contributed by atoms with E-state index < -0.39 is 0 Å². The van der Waals surface area contributed by atoms with Crippen molar-refractivity contribution in [2.75, 3.05) is 37.3 Å². The second-order valence-corrected chi connectivity index (χ2v) is 6.07. The lowest BCUT2D eigenvalue weighted by Gasteiger charge is -2.22. The van der Waals surface area contributed by atoms with E-state index in [9.17, 15) is 0 Å². The SMILES string of the molecule is CNc1cc(NC(C)CN2CCCC2)nc(C2CC2)n1. The molecule has 2 fully saturated rings. The van der Waals surface area contributed by atoms with E-state index in [1.807, 2.05) is 13.1 Å². The van der Waals surface area contributed by atoms with Crippen LogP contribution in [-0.4, -0.2) is 47.6 Å². The summed E-state index contributed by atoms with van der Waals surface area (Å²) < 4.78 is 0. The summed E-state index contributed by atoms with van der Waals surface area (Å²) in [6, 6.07) is 2.42. The van der Waals surface area contributed by atoms with Gasteiger partial charge < -0.3 is 15.5 Å². The highest BCUT2D eigenvalue weighted by molar-refractivity contribution is 5.48. The molecule has 5 heteroatoms. The third-order valence-corrected chi connectivity index (χ3v) is 4.07. The molecule has 20 heavy (non-hydrogen) atoms. The van der Waals surface area contributed by atoms with Gasteiger partial charge in [-0.2, -0.15) is 0 Å². The van der Waals surface area contributed by atoms with Crippen LogP contribution in [0.2, 0.25) is 0 Å². The summed E-state index contributed by atoms with van der Waals surface area (Å²) in [4.78, 5) is 11.8. The predicted molar refractivity (Wildman–Crippen MR) is 82.3 cm³/mol. The molecule has 0 radical (unpaired) electrons. The maximum absolute atomic E-state index is 4.68. The van der Waals surface area contributed by atoms with Gasteiger partial charge in [-0.3, -0.25) is 0 Å². The zero-order valence-corrected chi connectivity index (χ0v) is 12.5. The highest BCUT2D eigenvalue weighted by Crippen LogP contribution is 2.38. The van der Waals surface area contributed by atoms with Gasteiger partial charge in [-0.1, -0.05) is 0 Å². The van der Waals surface area contributed by atoms with Crippen molar-refractivity contribution in [1.82, 2.24) is 14.9 Å². The van der Waals surface area contributed by atoms with E-state index >= 15 is 0 Å². The van der Waals surface area contributed by atoms with Crippen molar-refractivity contribution in [3.63, 3.8) is 0 Å². The molecule has 110 valence electrons. The molecule has 3 rings (SSSR count). The Morgan fingerprint density at radius 2 is 1.95 bits per heavy atom.